The number of fused-ring (bicyclic) bond motifs is 1. The minimum atomic E-state index is -3.88. The minimum absolute atomic E-state index is 0.0164. The van der Waals surface area contributed by atoms with Gasteiger partial charge in [0, 0.05) is 36.1 Å². The van der Waals surface area contributed by atoms with Gasteiger partial charge in [-0.1, -0.05) is 6.58 Å². The number of carbonyl (C=O) groups is 2. The average molecular weight is 502 g/mol. The maximum atomic E-state index is 13.3. The quantitative estimate of drug-likeness (QED) is 0.463. The molecule has 1 aromatic carbocycles. The Hall–Kier alpha value is -3.34. The molecule has 10 nitrogen and oxygen atoms in total. The molecule has 35 heavy (non-hydrogen) atoms. The van der Waals surface area contributed by atoms with Crippen molar-refractivity contribution in [1.29, 1.82) is 0 Å². The summed E-state index contributed by atoms with van der Waals surface area (Å²) in [6.07, 6.45) is 3.90. The fourth-order valence-electron chi connectivity index (χ4n) is 4.40. The van der Waals surface area contributed by atoms with E-state index in [1.165, 1.54) is 0 Å². The van der Waals surface area contributed by atoms with E-state index in [9.17, 15) is 18.0 Å². The largest absolute Gasteiger partial charge is 0.461 e. The van der Waals surface area contributed by atoms with Crippen LogP contribution in [0.5, 0.6) is 0 Å². The van der Waals surface area contributed by atoms with Crippen LogP contribution < -0.4 is 10.0 Å². The van der Waals surface area contributed by atoms with Crippen molar-refractivity contribution in [2.24, 2.45) is 4.99 Å². The van der Waals surface area contributed by atoms with Gasteiger partial charge in [0.05, 0.1) is 6.54 Å². The fraction of sp³-hybridized carbons (Fsp3) is 0.458. The molecule has 0 spiro atoms. The van der Waals surface area contributed by atoms with E-state index in [0.717, 1.165) is 55.3 Å². The van der Waals surface area contributed by atoms with Crippen molar-refractivity contribution in [3.8, 4) is 0 Å². The second-order valence-corrected chi connectivity index (χ2v) is 10.5. The minimum Gasteiger partial charge on any atom is -0.461 e. The number of aliphatic imine (C=N–C) groups is 1. The number of sulfonamides is 1. The summed E-state index contributed by atoms with van der Waals surface area (Å²) in [5.41, 5.74) is 1.28. The fourth-order valence-corrected chi connectivity index (χ4v) is 4.85. The molecule has 2 N–H and O–H groups in total. The molecular weight excluding hydrogens is 470 g/mol. The SMILES string of the molecule is C=CS(=O)(=O)NC(=NC1CCCCN(CC(=O)N2CCCC2)C1=O)Nc1ccc2oc(C)cc2c1. The Kier molecular flexibility index (Phi) is 7.44. The van der Waals surface area contributed by atoms with Crippen LogP contribution in [0.25, 0.3) is 11.0 Å². The highest BCUT2D eigenvalue weighted by Gasteiger charge is 2.30. The lowest BCUT2D eigenvalue weighted by molar-refractivity contribution is -0.140. The standard InChI is InChI=1S/C24H31N5O5S/c1-3-35(32,33)27-24(25-19-9-10-21-18(15-19)14-17(2)34-21)26-20-8-4-5-13-29(23(20)31)16-22(30)28-11-6-7-12-28/h3,9-10,14-15,20H,1,4-8,11-13,16H2,2H3,(H2,25,26,27). The Bertz CT molecular complexity index is 1250. The molecule has 0 radical (unpaired) electrons. The van der Waals surface area contributed by atoms with Crippen LogP contribution in [0.2, 0.25) is 0 Å². The molecule has 11 heteroatoms. The molecule has 1 atom stereocenters. The summed E-state index contributed by atoms with van der Waals surface area (Å²) < 4.78 is 32.5. The van der Waals surface area contributed by atoms with Gasteiger partial charge in [-0.05, 0) is 63.3 Å². The van der Waals surface area contributed by atoms with Gasteiger partial charge >= 0.3 is 0 Å². The number of hydrogen-bond donors (Lipinski definition) is 2. The predicted octanol–water partition coefficient (Wildman–Crippen LogP) is 2.58. The lowest BCUT2D eigenvalue weighted by Crippen LogP contribution is -2.45. The maximum absolute atomic E-state index is 13.3. The van der Waals surface area contributed by atoms with E-state index in [-0.39, 0.29) is 24.3 Å². The predicted molar refractivity (Wildman–Crippen MR) is 134 cm³/mol. The number of anilines is 1. The highest BCUT2D eigenvalue weighted by Crippen LogP contribution is 2.23. The first kappa shape index (κ1) is 24.8. The van der Waals surface area contributed by atoms with Gasteiger partial charge in [-0.2, -0.15) is 0 Å². The summed E-state index contributed by atoms with van der Waals surface area (Å²) in [4.78, 5) is 33.8. The highest BCUT2D eigenvalue weighted by molar-refractivity contribution is 7.92. The summed E-state index contributed by atoms with van der Waals surface area (Å²) >= 11 is 0. The molecule has 2 aliphatic heterocycles. The van der Waals surface area contributed by atoms with Crippen LogP contribution in [0.15, 0.2) is 45.7 Å². The van der Waals surface area contributed by atoms with Crippen molar-refractivity contribution >= 4 is 44.5 Å². The second kappa shape index (κ2) is 10.5. The summed E-state index contributed by atoms with van der Waals surface area (Å²) in [6, 6.07) is 6.36. The number of nitrogens with one attached hydrogen (secondary N) is 2. The number of benzene rings is 1. The Morgan fingerprint density at radius 3 is 2.69 bits per heavy atom. The Labute approximate surface area is 205 Å². The number of amides is 2. The van der Waals surface area contributed by atoms with Crippen LogP contribution in [0.1, 0.15) is 37.9 Å². The van der Waals surface area contributed by atoms with E-state index in [4.69, 9.17) is 4.42 Å². The van der Waals surface area contributed by atoms with Crippen LogP contribution in [-0.4, -0.2) is 68.2 Å². The van der Waals surface area contributed by atoms with Crippen LogP contribution >= 0.6 is 0 Å². The summed E-state index contributed by atoms with van der Waals surface area (Å²) in [5.74, 6) is 0.324. The van der Waals surface area contributed by atoms with Gasteiger partial charge in [0.1, 0.15) is 17.4 Å². The zero-order valence-corrected chi connectivity index (χ0v) is 20.6. The molecule has 0 saturated carbocycles. The first-order chi connectivity index (χ1) is 16.7. The number of furan rings is 1. The van der Waals surface area contributed by atoms with Crippen molar-refractivity contribution in [1.82, 2.24) is 14.5 Å². The van der Waals surface area contributed by atoms with E-state index in [0.29, 0.717) is 24.2 Å². The van der Waals surface area contributed by atoms with E-state index in [1.54, 1.807) is 28.0 Å². The molecule has 1 unspecified atom stereocenters. The zero-order valence-electron chi connectivity index (χ0n) is 19.8. The van der Waals surface area contributed by atoms with E-state index in [2.05, 4.69) is 21.6 Å². The lowest BCUT2D eigenvalue weighted by Gasteiger charge is -2.25. The molecule has 2 aliphatic rings. The molecule has 1 aromatic heterocycles. The molecule has 188 valence electrons. The van der Waals surface area contributed by atoms with E-state index >= 15 is 0 Å². The second-order valence-electron chi connectivity index (χ2n) is 8.89. The van der Waals surface area contributed by atoms with Gasteiger partial charge in [-0.15, -0.1) is 0 Å². The lowest BCUT2D eigenvalue weighted by atomic mass is 10.1. The Morgan fingerprint density at radius 1 is 1.20 bits per heavy atom. The van der Waals surface area contributed by atoms with Gasteiger partial charge in [0.15, 0.2) is 0 Å². The van der Waals surface area contributed by atoms with Gasteiger partial charge in [0.25, 0.3) is 10.0 Å². The topological polar surface area (TPSA) is 124 Å². The third kappa shape index (κ3) is 6.21. The Morgan fingerprint density at radius 2 is 1.94 bits per heavy atom. The molecule has 0 bridgehead atoms. The van der Waals surface area contributed by atoms with Crippen LogP contribution in [-0.2, 0) is 19.6 Å². The number of hydrogen-bond acceptors (Lipinski definition) is 6. The Balaban J connectivity index is 1.57. The van der Waals surface area contributed by atoms with Gasteiger partial charge in [0.2, 0.25) is 17.8 Å². The van der Waals surface area contributed by atoms with Gasteiger partial charge in [-0.3, -0.25) is 9.59 Å². The summed E-state index contributed by atoms with van der Waals surface area (Å²) in [6.45, 7) is 7.11. The smallest absolute Gasteiger partial charge is 0.256 e. The highest BCUT2D eigenvalue weighted by atomic mass is 32.2. The average Bonchev–Trinajstić information content (AvgIpc) is 3.45. The van der Waals surface area contributed by atoms with Crippen LogP contribution in [0.4, 0.5) is 5.69 Å². The normalized spacial score (nSPS) is 19.6. The molecule has 3 heterocycles. The van der Waals surface area contributed by atoms with Crippen molar-refractivity contribution in [2.45, 2.75) is 45.1 Å². The van der Waals surface area contributed by atoms with Crippen molar-refractivity contribution < 1.29 is 22.4 Å². The van der Waals surface area contributed by atoms with Crippen LogP contribution in [0.3, 0.4) is 0 Å². The van der Waals surface area contributed by atoms with Crippen molar-refractivity contribution in [2.75, 3.05) is 31.5 Å². The molecule has 2 saturated heterocycles. The van der Waals surface area contributed by atoms with Crippen LogP contribution in [0, 0.1) is 6.92 Å². The number of nitrogens with zero attached hydrogens (tertiary/aromatic N) is 3. The monoisotopic (exact) mass is 501 g/mol. The van der Waals surface area contributed by atoms with Crippen molar-refractivity contribution in [3.63, 3.8) is 0 Å². The van der Waals surface area contributed by atoms with Gasteiger partial charge < -0.3 is 19.5 Å². The molecular formula is C24H31N5O5S. The number of aryl methyl sites for hydroxylation is 1. The molecule has 2 fully saturated rings. The number of rotatable bonds is 6. The van der Waals surface area contributed by atoms with E-state index in [1.807, 2.05) is 13.0 Å². The maximum Gasteiger partial charge on any atom is 0.256 e. The molecule has 2 aromatic rings. The number of carbonyl (C=O) groups excluding carboxylic acids is 2. The summed E-state index contributed by atoms with van der Waals surface area (Å²) in [7, 11) is -3.88. The number of likely N-dealkylation sites (tertiary alicyclic amines) is 2. The summed E-state index contributed by atoms with van der Waals surface area (Å²) in [5, 5.41) is 4.61. The third-order valence-corrected chi connectivity index (χ3v) is 7.10. The van der Waals surface area contributed by atoms with Gasteiger partial charge in [-0.25, -0.2) is 18.1 Å². The first-order valence-electron chi connectivity index (χ1n) is 11.8. The van der Waals surface area contributed by atoms with E-state index < -0.39 is 16.1 Å². The molecule has 0 aliphatic carbocycles. The third-order valence-electron chi connectivity index (χ3n) is 6.18. The van der Waals surface area contributed by atoms with Crippen molar-refractivity contribution in [3.05, 3.63) is 42.0 Å². The first-order valence-corrected chi connectivity index (χ1v) is 13.4. The molecule has 4 rings (SSSR count). The number of guanidine groups is 1. The zero-order chi connectivity index (χ0) is 25.0. The molecule has 2 amide bonds.